The average molecular weight is 233 g/mol. The van der Waals surface area contributed by atoms with Crippen LogP contribution in [0.2, 0.25) is 0 Å². The van der Waals surface area contributed by atoms with Crippen molar-refractivity contribution in [2.75, 3.05) is 13.2 Å². The van der Waals surface area contributed by atoms with Crippen LogP contribution in [0.1, 0.15) is 0 Å². The van der Waals surface area contributed by atoms with E-state index in [2.05, 4.69) is 9.97 Å². The van der Waals surface area contributed by atoms with E-state index < -0.39 is 0 Å². The number of ether oxygens (including phenoxy) is 1. The number of hydrogen-bond acceptors (Lipinski definition) is 4. The average Bonchev–Trinajstić information content (AvgIpc) is 2.38. The third-order valence-electron chi connectivity index (χ3n) is 2.12. The molecule has 0 unspecified atom stereocenters. The van der Waals surface area contributed by atoms with Gasteiger partial charge in [0.25, 0.3) is 0 Å². The Kier molecular flexibility index (Phi) is 3.62. The van der Waals surface area contributed by atoms with Crippen molar-refractivity contribution in [3.05, 3.63) is 42.5 Å². The fourth-order valence-corrected chi connectivity index (χ4v) is 1.32. The second-order valence-electron chi connectivity index (χ2n) is 3.39. The summed E-state index contributed by atoms with van der Waals surface area (Å²) in [5.41, 5.74) is 6.07. The second-order valence-corrected chi connectivity index (χ2v) is 3.39. The van der Waals surface area contributed by atoms with Gasteiger partial charge in [0, 0.05) is 12.1 Å². The van der Waals surface area contributed by atoms with Crippen LogP contribution in [0.15, 0.2) is 36.7 Å². The topological polar surface area (TPSA) is 61.0 Å². The summed E-state index contributed by atoms with van der Waals surface area (Å²) in [6.07, 6.45) is 3.14. The molecule has 88 valence electrons. The van der Waals surface area contributed by atoms with Gasteiger partial charge >= 0.3 is 0 Å². The summed E-state index contributed by atoms with van der Waals surface area (Å²) < 4.78 is 18.0. The molecule has 0 saturated carbocycles. The largest absolute Gasteiger partial charge is 0.489 e. The van der Waals surface area contributed by atoms with E-state index in [0.717, 1.165) is 5.56 Å². The van der Waals surface area contributed by atoms with E-state index in [0.29, 0.717) is 24.7 Å². The van der Waals surface area contributed by atoms with Gasteiger partial charge in [0.2, 0.25) is 0 Å². The van der Waals surface area contributed by atoms with Crippen molar-refractivity contribution < 1.29 is 9.13 Å². The monoisotopic (exact) mass is 233 g/mol. The van der Waals surface area contributed by atoms with Gasteiger partial charge in [-0.15, -0.1) is 0 Å². The first-order chi connectivity index (χ1) is 8.29. The zero-order valence-corrected chi connectivity index (χ0v) is 9.14. The van der Waals surface area contributed by atoms with E-state index in [9.17, 15) is 4.39 Å². The van der Waals surface area contributed by atoms with Gasteiger partial charge in [-0.1, -0.05) is 0 Å². The van der Waals surface area contributed by atoms with Crippen LogP contribution in [-0.2, 0) is 0 Å². The van der Waals surface area contributed by atoms with Crippen molar-refractivity contribution in [3.8, 4) is 17.1 Å². The van der Waals surface area contributed by atoms with E-state index in [4.69, 9.17) is 10.5 Å². The van der Waals surface area contributed by atoms with Crippen LogP contribution in [-0.4, -0.2) is 23.1 Å². The van der Waals surface area contributed by atoms with Gasteiger partial charge in [-0.2, -0.15) is 0 Å². The van der Waals surface area contributed by atoms with Crippen molar-refractivity contribution >= 4 is 0 Å². The van der Waals surface area contributed by atoms with Gasteiger partial charge in [-0.25, -0.2) is 14.4 Å². The lowest BCUT2D eigenvalue weighted by Gasteiger charge is -2.04. The fourth-order valence-electron chi connectivity index (χ4n) is 1.32. The maximum absolute atomic E-state index is 12.7. The normalized spacial score (nSPS) is 10.2. The Bertz CT molecular complexity index is 470. The molecule has 0 spiro atoms. The van der Waals surface area contributed by atoms with Crippen molar-refractivity contribution in [1.82, 2.24) is 9.97 Å². The maximum atomic E-state index is 12.7. The molecule has 0 radical (unpaired) electrons. The first kappa shape index (κ1) is 11.5. The molecule has 2 N–H and O–H groups in total. The third-order valence-corrected chi connectivity index (χ3v) is 2.12. The lowest BCUT2D eigenvalue weighted by Crippen LogP contribution is -2.10. The van der Waals surface area contributed by atoms with Crippen LogP contribution in [0.25, 0.3) is 11.4 Å². The van der Waals surface area contributed by atoms with Crippen molar-refractivity contribution in [2.24, 2.45) is 5.73 Å². The zero-order valence-electron chi connectivity index (χ0n) is 9.14. The summed E-state index contributed by atoms with van der Waals surface area (Å²) in [7, 11) is 0. The second kappa shape index (κ2) is 5.36. The molecule has 0 fully saturated rings. The van der Waals surface area contributed by atoms with Gasteiger partial charge < -0.3 is 10.5 Å². The SMILES string of the molecule is NCCOc1cnc(-c2ccc(F)cc2)nc1. The van der Waals surface area contributed by atoms with Crippen LogP contribution >= 0.6 is 0 Å². The Labute approximate surface area is 98.3 Å². The van der Waals surface area contributed by atoms with E-state index in [-0.39, 0.29) is 5.82 Å². The minimum Gasteiger partial charge on any atom is -0.489 e. The first-order valence-corrected chi connectivity index (χ1v) is 5.20. The molecule has 0 saturated heterocycles. The number of hydrogen-bond donors (Lipinski definition) is 1. The molecule has 1 aromatic carbocycles. The summed E-state index contributed by atoms with van der Waals surface area (Å²) in [6.45, 7) is 0.874. The molecule has 0 atom stereocenters. The molecule has 0 aliphatic carbocycles. The smallest absolute Gasteiger partial charge is 0.159 e. The van der Waals surface area contributed by atoms with Crippen LogP contribution in [0.5, 0.6) is 5.75 Å². The Balaban J connectivity index is 2.14. The van der Waals surface area contributed by atoms with Gasteiger partial charge in [0.15, 0.2) is 11.6 Å². The predicted molar refractivity (Wildman–Crippen MR) is 62.0 cm³/mol. The standard InChI is InChI=1S/C12H12FN3O/c13-10-3-1-9(2-4-10)12-15-7-11(8-16-12)17-6-5-14/h1-4,7-8H,5-6,14H2. The highest BCUT2D eigenvalue weighted by molar-refractivity contribution is 5.54. The van der Waals surface area contributed by atoms with Crippen molar-refractivity contribution in [3.63, 3.8) is 0 Å². The van der Waals surface area contributed by atoms with Gasteiger partial charge in [-0.3, -0.25) is 0 Å². The maximum Gasteiger partial charge on any atom is 0.159 e. The van der Waals surface area contributed by atoms with Gasteiger partial charge in [-0.05, 0) is 24.3 Å². The summed E-state index contributed by atoms with van der Waals surface area (Å²) >= 11 is 0. The first-order valence-electron chi connectivity index (χ1n) is 5.20. The number of rotatable bonds is 4. The highest BCUT2D eigenvalue weighted by Crippen LogP contribution is 2.16. The number of halogens is 1. The highest BCUT2D eigenvalue weighted by Gasteiger charge is 2.02. The third kappa shape index (κ3) is 2.98. The minimum atomic E-state index is -0.281. The summed E-state index contributed by atoms with van der Waals surface area (Å²) in [6, 6.07) is 6.01. The summed E-state index contributed by atoms with van der Waals surface area (Å²) in [4.78, 5) is 8.26. The molecule has 0 aliphatic rings. The molecule has 17 heavy (non-hydrogen) atoms. The number of benzene rings is 1. The highest BCUT2D eigenvalue weighted by atomic mass is 19.1. The van der Waals surface area contributed by atoms with Crippen LogP contribution in [0.3, 0.4) is 0 Å². The molecule has 1 aromatic heterocycles. The molecular formula is C12H12FN3O. The molecule has 0 bridgehead atoms. The van der Waals surface area contributed by atoms with E-state index >= 15 is 0 Å². The van der Waals surface area contributed by atoms with E-state index in [1.165, 1.54) is 12.1 Å². The Morgan fingerprint density at radius 2 is 1.76 bits per heavy atom. The number of aromatic nitrogens is 2. The van der Waals surface area contributed by atoms with Crippen LogP contribution < -0.4 is 10.5 Å². The molecule has 0 amide bonds. The Hall–Kier alpha value is -2.01. The van der Waals surface area contributed by atoms with Crippen molar-refractivity contribution in [2.45, 2.75) is 0 Å². The molecule has 4 nitrogen and oxygen atoms in total. The molecule has 1 heterocycles. The lowest BCUT2D eigenvalue weighted by molar-refractivity contribution is 0.325. The lowest BCUT2D eigenvalue weighted by atomic mass is 10.2. The molecule has 5 heteroatoms. The minimum absolute atomic E-state index is 0.281. The summed E-state index contributed by atoms with van der Waals surface area (Å²) in [5, 5.41) is 0. The van der Waals surface area contributed by atoms with E-state index in [1.54, 1.807) is 24.5 Å². The van der Waals surface area contributed by atoms with Crippen LogP contribution in [0, 0.1) is 5.82 Å². The molecule has 2 rings (SSSR count). The molecular weight excluding hydrogens is 221 g/mol. The quantitative estimate of drug-likeness (QED) is 0.871. The van der Waals surface area contributed by atoms with E-state index in [1.807, 2.05) is 0 Å². The van der Waals surface area contributed by atoms with Gasteiger partial charge in [0.1, 0.15) is 12.4 Å². The van der Waals surface area contributed by atoms with Crippen molar-refractivity contribution in [1.29, 1.82) is 0 Å². The summed E-state index contributed by atoms with van der Waals surface area (Å²) in [5.74, 6) is 0.822. The molecule has 2 aromatic rings. The Morgan fingerprint density at radius 1 is 1.12 bits per heavy atom. The van der Waals surface area contributed by atoms with Crippen LogP contribution in [0.4, 0.5) is 4.39 Å². The van der Waals surface area contributed by atoms with Gasteiger partial charge in [0.05, 0.1) is 12.4 Å². The molecule has 0 aliphatic heterocycles. The fraction of sp³-hybridized carbons (Fsp3) is 0.167. The zero-order chi connectivity index (χ0) is 12.1. The predicted octanol–water partition coefficient (Wildman–Crippen LogP) is 1.62. The number of nitrogens with zero attached hydrogens (tertiary/aromatic N) is 2. The Morgan fingerprint density at radius 3 is 2.35 bits per heavy atom. The number of nitrogens with two attached hydrogens (primary N) is 1.